The zero-order chi connectivity index (χ0) is 14.7. The molecule has 2 aromatic carbocycles. The van der Waals surface area contributed by atoms with E-state index in [1.54, 1.807) is 12.1 Å². The van der Waals surface area contributed by atoms with Gasteiger partial charge in [-0.05, 0) is 42.3 Å². The van der Waals surface area contributed by atoms with Crippen LogP contribution in [0.2, 0.25) is 5.02 Å². The Morgan fingerprint density at radius 1 is 1.25 bits per heavy atom. The number of hydrogen-bond acceptors (Lipinski definition) is 2. The van der Waals surface area contributed by atoms with Crippen molar-refractivity contribution in [3.63, 3.8) is 0 Å². The number of rotatable bonds is 4. The third-order valence-corrected chi connectivity index (χ3v) is 4.08. The highest BCUT2D eigenvalue weighted by atomic mass is 79.9. The van der Waals surface area contributed by atoms with E-state index in [0.717, 1.165) is 4.47 Å². The zero-order valence-electron chi connectivity index (χ0n) is 10.3. The van der Waals surface area contributed by atoms with Gasteiger partial charge >= 0.3 is 0 Å². The molecule has 6 heteroatoms. The molecule has 0 radical (unpaired) electrons. The van der Waals surface area contributed by atoms with E-state index in [1.165, 1.54) is 24.3 Å². The summed E-state index contributed by atoms with van der Waals surface area (Å²) < 4.78 is 27.9. The van der Waals surface area contributed by atoms with E-state index in [9.17, 15) is 8.78 Å². The molecule has 0 amide bonds. The lowest BCUT2D eigenvalue weighted by atomic mass is 9.99. The number of nitrogens with two attached hydrogens (primary N) is 1. The smallest absolute Gasteiger partial charge is 0.129 e. The maximum atomic E-state index is 13.9. The largest absolute Gasteiger partial charge is 0.271 e. The summed E-state index contributed by atoms with van der Waals surface area (Å²) in [6.45, 7) is 0. The summed E-state index contributed by atoms with van der Waals surface area (Å²) in [6, 6.07) is 8.19. The Hall–Kier alpha value is -1.01. The first-order valence-corrected chi connectivity index (χ1v) is 7.04. The van der Waals surface area contributed by atoms with E-state index in [1.807, 2.05) is 0 Å². The van der Waals surface area contributed by atoms with Gasteiger partial charge in [0.2, 0.25) is 0 Å². The highest BCUT2D eigenvalue weighted by Crippen LogP contribution is 2.30. The van der Waals surface area contributed by atoms with Gasteiger partial charge in [0.15, 0.2) is 0 Å². The number of benzene rings is 2. The van der Waals surface area contributed by atoms with Crippen molar-refractivity contribution in [2.45, 2.75) is 12.5 Å². The number of halogens is 4. The summed E-state index contributed by atoms with van der Waals surface area (Å²) in [6.07, 6.45) is 0.301. The van der Waals surface area contributed by atoms with Crippen molar-refractivity contribution in [1.29, 1.82) is 0 Å². The van der Waals surface area contributed by atoms with Crippen LogP contribution in [0.5, 0.6) is 0 Å². The molecule has 0 saturated carbocycles. The maximum Gasteiger partial charge on any atom is 0.129 e. The third kappa shape index (κ3) is 3.35. The highest BCUT2D eigenvalue weighted by Gasteiger charge is 2.19. The molecule has 0 heterocycles. The van der Waals surface area contributed by atoms with Crippen LogP contribution in [-0.4, -0.2) is 0 Å². The molecule has 0 spiro atoms. The van der Waals surface area contributed by atoms with Crippen LogP contribution >= 0.6 is 27.5 Å². The molecular formula is C14H12BrClF2N2. The van der Waals surface area contributed by atoms with Crippen molar-refractivity contribution in [3.8, 4) is 0 Å². The summed E-state index contributed by atoms with van der Waals surface area (Å²) in [5.41, 5.74) is 3.47. The number of hydrogen-bond donors (Lipinski definition) is 2. The molecule has 2 aromatic rings. The van der Waals surface area contributed by atoms with E-state index in [0.29, 0.717) is 12.0 Å². The molecule has 2 rings (SSSR count). The number of nitrogens with one attached hydrogen (secondary N) is 1. The second-order valence-electron chi connectivity index (χ2n) is 4.29. The fourth-order valence-corrected chi connectivity index (χ4v) is 2.71. The molecular weight excluding hydrogens is 350 g/mol. The Balaban J connectivity index is 2.36. The van der Waals surface area contributed by atoms with Crippen LogP contribution < -0.4 is 11.3 Å². The Morgan fingerprint density at radius 2 is 2.00 bits per heavy atom. The van der Waals surface area contributed by atoms with Gasteiger partial charge in [-0.3, -0.25) is 11.3 Å². The van der Waals surface area contributed by atoms with Crippen molar-refractivity contribution in [2.75, 3.05) is 0 Å². The van der Waals surface area contributed by atoms with Crippen LogP contribution in [0.3, 0.4) is 0 Å². The van der Waals surface area contributed by atoms with E-state index in [2.05, 4.69) is 21.4 Å². The lowest BCUT2D eigenvalue weighted by Gasteiger charge is -2.19. The second-order valence-corrected chi connectivity index (χ2v) is 5.56. The van der Waals surface area contributed by atoms with Gasteiger partial charge in [-0.15, -0.1) is 0 Å². The Morgan fingerprint density at radius 3 is 2.65 bits per heavy atom. The van der Waals surface area contributed by atoms with Gasteiger partial charge in [-0.2, -0.15) is 0 Å². The van der Waals surface area contributed by atoms with Crippen molar-refractivity contribution >= 4 is 27.5 Å². The predicted octanol–water partition coefficient (Wildman–Crippen LogP) is 4.13. The Labute approximate surface area is 129 Å². The van der Waals surface area contributed by atoms with E-state index in [-0.39, 0.29) is 16.4 Å². The summed E-state index contributed by atoms with van der Waals surface area (Å²) >= 11 is 9.35. The van der Waals surface area contributed by atoms with Crippen LogP contribution in [0.1, 0.15) is 17.2 Å². The third-order valence-electron chi connectivity index (χ3n) is 2.98. The molecule has 0 aliphatic carbocycles. The first-order chi connectivity index (χ1) is 9.52. The monoisotopic (exact) mass is 360 g/mol. The Kier molecular flexibility index (Phi) is 5.10. The normalized spacial score (nSPS) is 12.4. The SMILES string of the molecule is NNC(Cc1cc(F)ccc1Br)c1c(F)cccc1Cl. The van der Waals surface area contributed by atoms with E-state index in [4.69, 9.17) is 17.4 Å². The highest BCUT2D eigenvalue weighted by molar-refractivity contribution is 9.10. The fourth-order valence-electron chi connectivity index (χ4n) is 2.01. The summed E-state index contributed by atoms with van der Waals surface area (Å²) in [5.74, 6) is 4.68. The predicted molar refractivity (Wildman–Crippen MR) is 79.3 cm³/mol. The van der Waals surface area contributed by atoms with Crippen molar-refractivity contribution < 1.29 is 8.78 Å². The van der Waals surface area contributed by atoms with Crippen LogP contribution in [0.15, 0.2) is 40.9 Å². The van der Waals surface area contributed by atoms with E-state index < -0.39 is 11.9 Å². The zero-order valence-corrected chi connectivity index (χ0v) is 12.7. The first-order valence-electron chi connectivity index (χ1n) is 5.87. The second kappa shape index (κ2) is 6.63. The maximum absolute atomic E-state index is 13.9. The minimum atomic E-state index is -0.554. The molecule has 20 heavy (non-hydrogen) atoms. The van der Waals surface area contributed by atoms with Gasteiger partial charge in [0.1, 0.15) is 11.6 Å². The van der Waals surface area contributed by atoms with Crippen molar-refractivity contribution in [3.05, 3.63) is 68.7 Å². The van der Waals surface area contributed by atoms with Crippen LogP contribution in [0.4, 0.5) is 8.78 Å². The van der Waals surface area contributed by atoms with Gasteiger partial charge in [-0.1, -0.05) is 33.6 Å². The van der Waals surface area contributed by atoms with Crippen LogP contribution in [0, 0.1) is 11.6 Å². The van der Waals surface area contributed by atoms with Crippen molar-refractivity contribution in [2.24, 2.45) is 5.84 Å². The molecule has 0 fully saturated rings. The number of hydrazine groups is 1. The molecule has 1 atom stereocenters. The van der Waals surface area contributed by atoms with Crippen molar-refractivity contribution in [1.82, 2.24) is 5.43 Å². The van der Waals surface area contributed by atoms with Crippen LogP contribution in [0.25, 0.3) is 0 Å². The molecule has 3 N–H and O–H groups in total. The summed E-state index contributed by atoms with van der Waals surface area (Å²) in [5, 5.41) is 0.278. The minimum Gasteiger partial charge on any atom is -0.271 e. The summed E-state index contributed by atoms with van der Waals surface area (Å²) in [7, 11) is 0. The summed E-state index contributed by atoms with van der Waals surface area (Å²) in [4.78, 5) is 0. The standard InChI is InChI=1S/C14H12BrClF2N2/c15-10-5-4-9(17)6-8(10)7-13(20-19)14-11(16)2-1-3-12(14)18/h1-6,13,20H,7,19H2. The van der Waals surface area contributed by atoms with E-state index >= 15 is 0 Å². The molecule has 106 valence electrons. The molecule has 1 unspecified atom stereocenters. The van der Waals surface area contributed by atoms with Gasteiger partial charge in [0.25, 0.3) is 0 Å². The molecule has 0 bridgehead atoms. The lowest BCUT2D eigenvalue weighted by Crippen LogP contribution is -2.30. The van der Waals surface area contributed by atoms with Gasteiger partial charge < -0.3 is 0 Å². The topological polar surface area (TPSA) is 38.0 Å². The molecule has 2 nitrogen and oxygen atoms in total. The Bertz CT molecular complexity index is 602. The average Bonchev–Trinajstić information content (AvgIpc) is 2.41. The van der Waals surface area contributed by atoms with Gasteiger partial charge in [0.05, 0.1) is 6.04 Å². The minimum absolute atomic E-state index is 0.271. The molecule has 0 aromatic heterocycles. The average molecular weight is 362 g/mol. The quantitative estimate of drug-likeness (QED) is 0.635. The molecule has 0 saturated heterocycles. The fraction of sp³-hybridized carbons (Fsp3) is 0.143. The van der Waals surface area contributed by atoms with Gasteiger partial charge in [0, 0.05) is 15.1 Å². The molecule has 0 aliphatic rings. The lowest BCUT2D eigenvalue weighted by molar-refractivity contribution is 0.509. The first kappa shape index (κ1) is 15.4. The molecule has 0 aliphatic heterocycles. The van der Waals surface area contributed by atoms with Gasteiger partial charge in [-0.25, -0.2) is 8.78 Å². The van der Waals surface area contributed by atoms with Crippen LogP contribution in [-0.2, 0) is 6.42 Å².